The van der Waals surface area contributed by atoms with E-state index in [-0.39, 0.29) is 18.6 Å². The minimum Gasteiger partial charge on any atom is -0.460 e. The van der Waals surface area contributed by atoms with Crippen LogP contribution in [0.25, 0.3) is 0 Å². The average Bonchev–Trinajstić information content (AvgIpc) is 2.71. The second-order valence-electron chi connectivity index (χ2n) is 6.20. The van der Waals surface area contributed by atoms with Crippen LogP contribution >= 0.6 is 0 Å². The van der Waals surface area contributed by atoms with Crippen molar-refractivity contribution in [3.8, 4) is 0 Å². The number of carbonyl (C=O) groups is 1. The van der Waals surface area contributed by atoms with Crippen molar-refractivity contribution in [3.63, 3.8) is 0 Å². The van der Waals surface area contributed by atoms with Crippen LogP contribution in [0.15, 0.2) is 91.0 Å². The fourth-order valence-electron chi connectivity index (χ4n) is 2.75. The molecule has 3 rings (SSSR count). The summed E-state index contributed by atoms with van der Waals surface area (Å²) in [6, 6.07) is 29.4. The molecule has 26 heavy (non-hydrogen) atoms. The third-order valence-electron chi connectivity index (χ3n) is 4.19. The number of benzene rings is 3. The molecule has 0 bridgehead atoms. The van der Waals surface area contributed by atoms with Crippen molar-refractivity contribution in [1.29, 1.82) is 0 Å². The summed E-state index contributed by atoms with van der Waals surface area (Å²) < 4.78 is 5.55. The van der Waals surface area contributed by atoms with Crippen LogP contribution in [0.3, 0.4) is 0 Å². The third-order valence-corrected chi connectivity index (χ3v) is 4.19. The van der Waals surface area contributed by atoms with Gasteiger partial charge in [0.2, 0.25) is 0 Å². The molecule has 0 aromatic heterocycles. The zero-order chi connectivity index (χ0) is 18.0. The van der Waals surface area contributed by atoms with Crippen LogP contribution < -0.4 is 5.32 Å². The molecule has 0 spiro atoms. The van der Waals surface area contributed by atoms with Gasteiger partial charge in [0.05, 0.1) is 0 Å². The van der Waals surface area contributed by atoms with Crippen molar-refractivity contribution in [2.45, 2.75) is 25.6 Å². The monoisotopic (exact) mass is 345 g/mol. The average molecular weight is 345 g/mol. The highest BCUT2D eigenvalue weighted by atomic mass is 16.5. The Morgan fingerprint density at radius 3 is 1.81 bits per heavy atom. The number of hydrogen-bond acceptors (Lipinski definition) is 3. The van der Waals surface area contributed by atoms with E-state index >= 15 is 0 Å². The molecule has 3 nitrogen and oxygen atoms in total. The van der Waals surface area contributed by atoms with Crippen LogP contribution in [0.2, 0.25) is 0 Å². The minimum atomic E-state index is -0.388. The van der Waals surface area contributed by atoms with E-state index < -0.39 is 0 Å². The topological polar surface area (TPSA) is 38.3 Å². The zero-order valence-corrected chi connectivity index (χ0v) is 14.7. The molecule has 0 aliphatic carbocycles. The quantitative estimate of drug-likeness (QED) is 0.624. The van der Waals surface area contributed by atoms with Crippen molar-refractivity contribution in [2.75, 3.05) is 0 Å². The van der Waals surface area contributed by atoms with Crippen LogP contribution in [0.1, 0.15) is 16.7 Å². The number of hydrogen-bond donors (Lipinski definition) is 1. The first-order valence-corrected chi connectivity index (χ1v) is 8.83. The van der Waals surface area contributed by atoms with Gasteiger partial charge in [-0.2, -0.15) is 0 Å². The van der Waals surface area contributed by atoms with Crippen molar-refractivity contribution < 1.29 is 9.53 Å². The Morgan fingerprint density at radius 2 is 1.23 bits per heavy atom. The van der Waals surface area contributed by atoms with Crippen molar-refractivity contribution in [3.05, 3.63) is 108 Å². The van der Waals surface area contributed by atoms with Gasteiger partial charge in [0.25, 0.3) is 0 Å². The molecule has 0 radical (unpaired) electrons. The van der Waals surface area contributed by atoms with Crippen LogP contribution in [-0.4, -0.2) is 12.0 Å². The highest BCUT2D eigenvalue weighted by molar-refractivity contribution is 5.76. The highest BCUT2D eigenvalue weighted by Gasteiger charge is 2.20. The van der Waals surface area contributed by atoms with Crippen LogP contribution in [0.4, 0.5) is 0 Å². The molecule has 0 saturated carbocycles. The molecule has 0 heterocycles. The van der Waals surface area contributed by atoms with Crippen molar-refractivity contribution >= 4 is 5.97 Å². The first-order chi connectivity index (χ1) is 12.8. The molecule has 0 amide bonds. The summed E-state index contributed by atoms with van der Waals surface area (Å²) in [5.74, 6) is -0.228. The Hall–Kier alpha value is -2.91. The summed E-state index contributed by atoms with van der Waals surface area (Å²) in [7, 11) is 0. The second kappa shape index (κ2) is 9.54. The molecule has 1 atom stereocenters. The Kier molecular flexibility index (Phi) is 6.57. The number of rotatable bonds is 8. The normalized spacial score (nSPS) is 11.7. The predicted molar refractivity (Wildman–Crippen MR) is 103 cm³/mol. The van der Waals surface area contributed by atoms with Gasteiger partial charge in [-0.1, -0.05) is 91.0 Å². The molecule has 3 aromatic carbocycles. The predicted octanol–water partition coefficient (Wildman–Crippen LogP) is 4.13. The fraction of sp³-hybridized carbons (Fsp3) is 0.174. The smallest absolute Gasteiger partial charge is 0.323 e. The van der Waals surface area contributed by atoms with E-state index in [0.29, 0.717) is 13.0 Å². The minimum absolute atomic E-state index is 0.228. The lowest BCUT2D eigenvalue weighted by Gasteiger charge is -2.18. The Morgan fingerprint density at radius 1 is 0.731 bits per heavy atom. The van der Waals surface area contributed by atoms with Gasteiger partial charge in [-0.15, -0.1) is 0 Å². The first kappa shape index (κ1) is 17.9. The lowest BCUT2D eigenvalue weighted by molar-refractivity contribution is -0.147. The molecule has 0 aliphatic heterocycles. The number of nitrogens with one attached hydrogen (secondary N) is 1. The van der Waals surface area contributed by atoms with E-state index in [2.05, 4.69) is 5.32 Å². The maximum atomic E-state index is 12.7. The van der Waals surface area contributed by atoms with E-state index in [9.17, 15) is 4.79 Å². The molecule has 0 aliphatic rings. The molecule has 0 saturated heterocycles. The molecular weight excluding hydrogens is 322 g/mol. The molecule has 1 N–H and O–H groups in total. The van der Waals surface area contributed by atoms with Gasteiger partial charge < -0.3 is 10.1 Å². The number of esters is 1. The molecule has 3 heteroatoms. The van der Waals surface area contributed by atoms with E-state index in [4.69, 9.17) is 4.74 Å². The summed E-state index contributed by atoms with van der Waals surface area (Å²) in [6.45, 7) is 0.913. The van der Waals surface area contributed by atoms with Gasteiger partial charge in [0.15, 0.2) is 0 Å². The Bertz CT molecular complexity index is 788. The van der Waals surface area contributed by atoms with Crippen molar-refractivity contribution in [2.24, 2.45) is 0 Å². The molecular formula is C23H23NO2. The summed E-state index contributed by atoms with van der Waals surface area (Å²) in [4.78, 5) is 12.7. The lowest BCUT2D eigenvalue weighted by atomic mass is 10.1. The van der Waals surface area contributed by atoms with Crippen molar-refractivity contribution in [1.82, 2.24) is 5.32 Å². The van der Waals surface area contributed by atoms with Gasteiger partial charge in [-0.25, -0.2) is 0 Å². The fourth-order valence-corrected chi connectivity index (χ4v) is 2.75. The molecule has 132 valence electrons. The summed E-state index contributed by atoms with van der Waals surface area (Å²) in [6.07, 6.45) is 0.599. The van der Waals surface area contributed by atoms with Gasteiger partial charge >= 0.3 is 5.97 Å². The summed E-state index contributed by atoms with van der Waals surface area (Å²) >= 11 is 0. The van der Waals surface area contributed by atoms with Gasteiger partial charge in [0, 0.05) is 6.54 Å². The summed E-state index contributed by atoms with van der Waals surface area (Å²) in [5, 5.41) is 3.35. The summed E-state index contributed by atoms with van der Waals surface area (Å²) in [5.41, 5.74) is 3.23. The third kappa shape index (κ3) is 5.57. The molecule has 0 fully saturated rings. The maximum absolute atomic E-state index is 12.7. The Balaban J connectivity index is 1.63. The Labute approximate surface area is 154 Å². The van der Waals surface area contributed by atoms with E-state index in [1.165, 1.54) is 0 Å². The molecule has 3 aromatic rings. The van der Waals surface area contributed by atoms with Crippen LogP contribution in [0.5, 0.6) is 0 Å². The molecule has 1 unspecified atom stereocenters. The number of ether oxygens (including phenoxy) is 1. The maximum Gasteiger partial charge on any atom is 0.323 e. The SMILES string of the molecule is O=C(OCc1ccccc1)C(Cc1ccccc1)NCc1ccccc1. The van der Waals surface area contributed by atoms with E-state index in [1.54, 1.807) is 0 Å². The second-order valence-corrected chi connectivity index (χ2v) is 6.20. The lowest BCUT2D eigenvalue weighted by Crippen LogP contribution is -2.39. The first-order valence-electron chi connectivity index (χ1n) is 8.83. The largest absolute Gasteiger partial charge is 0.460 e. The highest BCUT2D eigenvalue weighted by Crippen LogP contribution is 2.08. The van der Waals surface area contributed by atoms with E-state index in [0.717, 1.165) is 16.7 Å². The standard InChI is InChI=1S/C23H23NO2/c25-23(26-18-21-14-8-3-9-15-21)22(16-19-10-4-1-5-11-19)24-17-20-12-6-2-7-13-20/h1-15,22,24H,16-18H2. The van der Waals surface area contributed by atoms with Gasteiger partial charge in [-0.05, 0) is 23.1 Å². The zero-order valence-electron chi connectivity index (χ0n) is 14.7. The van der Waals surface area contributed by atoms with Crippen LogP contribution in [-0.2, 0) is 29.1 Å². The van der Waals surface area contributed by atoms with Gasteiger partial charge in [0.1, 0.15) is 12.6 Å². The van der Waals surface area contributed by atoms with E-state index in [1.807, 2.05) is 91.0 Å². The van der Waals surface area contributed by atoms with Gasteiger partial charge in [-0.3, -0.25) is 4.79 Å². The van der Waals surface area contributed by atoms with Crippen LogP contribution in [0, 0.1) is 0 Å². The number of carbonyl (C=O) groups excluding carboxylic acids is 1.